The van der Waals surface area contributed by atoms with Crippen molar-refractivity contribution < 1.29 is 17.0 Å². The molecular weight excluding hydrogens is 231 g/mol. The van der Waals surface area contributed by atoms with Gasteiger partial charge in [0.1, 0.15) is 6.17 Å². The highest BCUT2D eigenvalue weighted by Gasteiger charge is 2.34. The topological polar surface area (TPSA) is 43.4 Å². The van der Waals surface area contributed by atoms with Gasteiger partial charge in [0, 0.05) is 12.8 Å². The molecule has 0 unspecified atom stereocenters. The predicted octanol–water partition coefficient (Wildman–Crippen LogP) is 2.20. The lowest BCUT2D eigenvalue weighted by Crippen LogP contribution is -2.34. The van der Waals surface area contributed by atoms with E-state index in [1.165, 1.54) is 12.1 Å². The molecule has 0 spiro atoms. The molecule has 2 rings (SSSR count). The minimum atomic E-state index is -3.73. The highest BCUT2D eigenvalue weighted by molar-refractivity contribution is 7.86. The quantitative estimate of drug-likeness (QED) is 0.765. The minimum absolute atomic E-state index is 0.125. The Bertz CT molecular complexity index is 461. The van der Waals surface area contributed by atoms with Crippen LogP contribution in [0.15, 0.2) is 29.2 Å². The van der Waals surface area contributed by atoms with Crippen LogP contribution in [0, 0.1) is 6.92 Å². The van der Waals surface area contributed by atoms with E-state index in [0.717, 1.165) is 5.56 Å². The number of benzene rings is 1. The molecule has 1 fully saturated rings. The highest BCUT2D eigenvalue weighted by atomic mass is 32.2. The molecule has 3 nitrogen and oxygen atoms in total. The SMILES string of the molecule is Cc1ccc(S(=O)(=O)OC2CC(F)C2)cc1. The molecule has 88 valence electrons. The summed E-state index contributed by atoms with van der Waals surface area (Å²) in [5.41, 5.74) is 0.978. The lowest BCUT2D eigenvalue weighted by Gasteiger charge is -2.28. The van der Waals surface area contributed by atoms with E-state index in [4.69, 9.17) is 4.18 Å². The van der Waals surface area contributed by atoms with E-state index in [-0.39, 0.29) is 17.7 Å². The smallest absolute Gasteiger partial charge is 0.263 e. The number of hydrogen-bond acceptors (Lipinski definition) is 3. The van der Waals surface area contributed by atoms with Crippen molar-refractivity contribution in [2.75, 3.05) is 0 Å². The van der Waals surface area contributed by atoms with Crippen LogP contribution < -0.4 is 0 Å². The molecule has 1 aliphatic carbocycles. The summed E-state index contributed by atoms with van der Waals surface area (Å²) >= 11 is 0. The molecule has 0 N–H and O–H groups in total. The molecule has 0 atom stereocenters. The fourth-order valence-corrected chi connectivity index (χ4v) is 2.62. The second kappa shape index (κ2) is 4.14. The molecule has 0 aromatic heterocycles. The number of hydrogen-bond donors (Lipinski definition) is 0. The first-order valence-corrected chi connectivity index (χ1v) is 6.52. The van der Waals surface area contributed by atoms with E-state index in [0.29, 0.717) is 0 Å². The summed E-state index contributed by atoms with van der Waals surface area (Å²) in [6, 6.07) is 6.40. The standard InChI is InChI=1S/C11H13FO3S/c1-8-2-4-11(5-3-8)16(13,14)15-10-6-9(12)7-10/h2-5,9-10H,6-7H2,1H3. The Hall–Kier alpha value is -0.940. The number of aryl methyl sites for hydroxylation is 1. The summed E-state index contributed by atoms with van der Waals surface area (Å²) in [5, 5.41) is 0. The molecule has 1 aromatic carbocycles. The first-order chi connectivity index (χ1) is 7.47. The van der Waals surface area contributed by atoms with Crippen LogP contribution in [-0.2, 0) is 14.3 Å². The molecule has 1 aromatic rings. The summed E-state index contributed by atoms with van der Waals surface area (Å²) in [6.45, 7) is 1.87. The van der Waals surface area contributed by atoms with Crippen molar-refractivity contribution in [3.05, 3.63) is 29.8 Å². The van der Waals surface area contributed by atoms with Crippen molar-refractivity contribution >= 4 is 10.1 Å². The highest BCUT2D eigenvalue weighted by Crippen LogP contribution is 2.29. The third-order valence-corrected chi connectivity index (χ3v) is 3.98. The Morgan fingerprint density at radius 2 is 1.81 bits per heavy atom. The molecule has 0 heterocycles. The zero-order valence-electron chi connectivity index (χ0n) is 8.89. The second-order valence-corrected chi connectivity index (χ2v) is 5.63. The van der Waals surface area contributed by atoms with E-state index in [9.17, 15) is 12.8 Å². The van der Waals surface area contributed by atoms with Crippen LogP contribution in [0.4, 0.5) is 4.39 Å². The van der Waals surface area contributed by atoms with Crippen molar-refractivity contribution in [2.45, 2.75) is 36.9 Å². The molecule has 16 heavy (non-hydrogen) atoms. The first-order valence-electron chi connectivity index (χ1n) is 5.11. The van der Waals surface area contributed by atoms with Crippen LogP contribution in [0.1, 0.15) is 18.4 Å². The summed E-state index contributed by atoms with van der Waals surface area (Å²) in [5.74, 6) is 0. The Balaban J connectivity index is 2.10. The maximum Gasteiger partial charge on any atom is 0.297 e. The molecule has 0 amide bonds. The van der Waals surface area contributed by atoms with E-state index in [2.05, 4.69) is 0 Å². The van der Waals surface area contributed by atoms with Crippen LogP contribution in [0.3, 0.4) is 0 Å². The lowest BCUT2D eigenvalue weighted by molar-refractivity contribution is 0.0460. The van der Waals surface area contributed by atoms with Gasteiger partial charge in [0.15, 0.2) is 0 Å². The Kier molecular flexibility index (Phi) is 2.99. The summed E-state index contributed by atoms with van der Waals surface area (Å²) < 4.78 is 40.8. The van der Waals surface area contributed by atoms with E-state index in [1.54, 1.807) is 12.1 Å². The van der Waals surface area contributed by atoms with Gasteiger partial charge in [0.2, 0.25) is 0 Å². The first kappa shape index (κ1) is 11.5. The third kappa shape index (κ3) is 2.41. The zero-order chi connectivity index (χ0) is 11.8. The van der Waals surface area contributed by atoms with Gasteiger partial charge in [0.05, 0.1) is 11.0 Å². The minimum Gasteiger partial charge on any atom is -0.263 e. The van der Waals surface area contributed by atoms with Crippen LogP contribution >= 0.6 is 0 Å². The fourth-order valence-electron chi connectivity index (χ4n) is 1.52. The van der Waals surface area contributed by atoms with Crippen molar-refractivity contribution in [3.63, 3.8) is 0 Å². The molecule has 5 heteroatoms. The van der Waals surface area contributed by atoms with Gasteiger partial charge in [-0.25, -0.2) is 4.39 Å². The van der Waals surface area contributed by atoms with E-state index in [1.807, 2.05) is 6.92 Å². The summed E-state index contributed by atoms with van der Waals surface area (Å²) in [6.07, 6.45) is -1.07. The molecule has 1 saturated carbocycles. The summed E-state index contributed by atoms with van der Waals surface area (Å²) in [7, 11) is -3.73. The van der Waals surface area contributed by atoms with Gasteiger partial charge in [-0.2, -0.15) is 8.42 Å². The number of halogens is 1. The monoisotopic (exact) mass is 244 g/mol. The molecule has 0 aliphatic heterocycles. The molecule has 0 radical (unpaired) electrons. The Morgan fingerprint density at radius 3 is 2.31 bits per heavy atom. The largest absolute Gasteiger partial charge is 0.297 e. The molecule has 1 aliphatic rings. The van der Waals surface area contributed by atoms with Gasteiger partial charge in [-0.1, -0.05) is 17.7 Å². The van der Waals surface area contributed by atoms with Crippen LogP contribution in [0.5, 0.6) is 0 Å². The Labute approximate surface area is 94.4 Å². The van der Waals surface area contributed by atoms with Gasteiger partial charge < -0.3 is 0 Å². The lowest BCUT2D eigenvalue weighted by atomic mass is 9.94. The van der Waals surface area contributed by atoms with Gasteiger partial charge in [-0.05, 0) is 19.1 Å². The van der Waals surface area contributed by atoms with Gasteiger partial charge in [-0.15, -0.1) is 0 Å². The Morgan fingerprint density at radius 1 is 1.25 bits per heavy atom. The van der Waals surface area contributed by atoms with Crippen LogP contribution in [0.25, 0.3) is 0 Å². The van der Waals surface area contributed by atoms with Crippen LogP contribution in [0.2, 0.25) is 0 Å². The van der Waals surface area contributed by atoms with Gasteiger partial charge in [0.25, 0.3) is 10.1 Å². The molecule has 0 bridgehead atoms. The molecule has 0 saturated heterocycles. The van der Waals surface area contributed by atoms with Gasteiger partial charge >= 0.3 is 0 Å². The second-order valence-electron chi connectivity index (χ2n) is 4.05. The number of rotatable bonds is 3. The summed E-state index contributed by atoms with van der Waals surface area (Å²) in [4.78, 5) is 0.125. The maximum atomic E-state index is 12.5. The normalized spacial score (nSPS) is 25.1. The predicted molar refractivity (Wildman–Crippen MR) is 57.4 cm³/mol. The fraction of sp³-hybridized carbons (Fsp3) is 0.455. The third-order valence-electron chi connectivity index (χ3n) is 2.61. The average Bonchev–Trinajstić information content (AvgIpc) is 2.15. The van der Waals surface area contributed by atoms with Crippen molar-refractivity contribution in [1.82, 2.24) is 0 Å². The zero-order valence-corrected chi connectivity index (χ0v) is 9.71. The maximum absolute atomic E-state index is 12.5. The van der Waals surface area contributed by atoms with Gasteiger partial charge in [-0.3, -0.25) is 4.18 Å². The number of alkyl halides is 1. The van der Waals surface area contributed by atoms with Crippen molar-refractivity contribution in [3.8, 4) is 0 Å². The van der Waals surface area contributed by atoms with E-state index >= 15 is 0 Å². The van der Waals surface area contributed by atoms with E-state index < -0.39 is 22.4 Å². The van der Waals surface area contributed by atoms with Crippen molar-refractivity contribution in [1.29, 1.82) is 0 Å². The van der Waals surface area contributed by atoms with Crippen molar-refractivity contribution in [2.24, 2.45) is 0 Å². The molecular formula is C11H13FO3S. The van der Waals surface area contributed by atoms with Crippen LogP contribution in [-0.4, -0.2) is 20.7 Å². The average molecular weight is 244 g/mol.